The number of furan rings is 1. The SMILES string of the molecule is CCCCCCCCCCCCc1sc[n+](CC(=O)N2CCCCC2)c1CCCCCCCCCCCC.CCCCCCCCCCc1c[n+](CC(=O)c2ccco2)cs1.CCCCCCCCc1sc[n+](CC(=O)c2ccc3c(c2)CCC(=O)N3)c1CCCCCCCC.CCCCCc1sc[n+](CC(=O)N2CC(C)OC(C)C2)c1CCCCC.[Br-].[Br-].[Br-].[Br-]. The fourth-order valence-corrected chi connectivity index (χ4v) is 21.5. The zero-order chi connectivity index (χ0) is 87.3. The van der Waals surface area contributed by atoms with Gasteiger partial charge in [0.15, 0.2) is 29.0 Å². The number of fused-ring (bicyclic) bond motifs is 1. The maximum atomic E-state index is 13.2. The Morgan fingerprint density at radius 2 is 0.762 bits per heavy atom. The van der Waals surface area contributed by atoms with Gasteiger partial charge in [0.25, 0.3) is 17.6 Å². The highest BCUT2D eigenvalue weighted by molar-refractivity contribution is 7.10. The van der Waals surface area contributed by atoms with Crippen LogP contribution in [-0.4, -0.2) is 77.5 Å². The number of nitrogens with zero attached hydrogens (tertiary/aromatic N) is 6. The van der Waals surface area contributed by atoms with Gasteiger partial charge in [0.05, 0.1) is 38.0 Å². The zero-order valence-corrected chi connectivity index (χ0v) is 90.0. The lowest BCUT2D eigenvalue weighted by atomic mass is 9.98. The lowest BCUT2D eigenvalue weighted by molar-refractivity contribution is -0.688. The number of piperidine rings is 1. The van der Waals surface area contributed by atoms with E-state index in [1.165, 1.54) is 353 Å². The molecule has 2 fully saturated rings. The van der Waals surface area contributed by atoms with E-state index in [4.69, 9.17) is 9.15 Å². The first kappa shape index (κ1) is 119. The molecule has 3 amide bonds. The van der Waals surface area contributed by atoms with E-state index < -0.39 is 0 Å². The Morgan fingerprint density at radius 3 is 1.17 bits per heavy atom. The lowest BCUT2D eigenvalue weighted by Crippen LogP contribution is -3.00. The number of thiazole rings is 4. The van der Waals surface area contributed by atoms with Crippen LogP contribution in [0.1, 0.15) is 446 Å². The van der Waals surface area contributed by atoms with Crippen molar-refractivity contribution in [2.24, 2.45) is 0 Å². The van der Waals surface area contributed by atoms with E-state index in [1.54, 1.807) is 34.6 Å². The van der Waals surface area contributed by atoms with E-state index in [0.29, 0.717) is 63.8 Å². The fraction of sp³-hybridized carbons (Fsp3) is 0.740. The highest BCUT2D eigenvalue weighted by Gasteiger charge is 2.32. The maximum absolute atomic E-state index is 13.2. The van der Waals surface area contributed by atoms with Gasteiger partial charge in [-0.25, -0.2) is 0 Å². The second-order valence-corrected chi connectivity index (χ2v) is 39.7. The van der Waals surface area contributed by atoms with Crippen molar-refractivity contribution in [3.8, 4) is 0 Å². The number of ketones is 2. The third-order valence-electron chi connectivity index (χ3n) is 24.8. The van der Waals surface area contributed by atoms with Gasteiger partial charge in [-0.05, 0) is 146 Å². The topological polar surface area (TPSA) is 142 Å². The number of hydrogen-bond acceptors (Lipinski definition) is 11. The molecule has 2 saturated heterocycles. The molecule has 2 atom stereocenters. The van der Waals surface area contributed by atoms with Gasteiger partial charge < -0.3 is 92.2 Å². The Labute approximate surface area is 825 Å². The van der Waals surface area contributed by atoms with E-state index in [-0.39, 0.29) is 104 Å². The van der Waals surface area contributed by atoms with E-state index in [0.717, 1.165) is 68.4 Å². The van der Waals surface area contributed by atoms with E-state index in [9.17, 15) is 24.0 Å². The van der Waals surface area contributed by atoms with Crippen LogP contribution in [0.5, 0.6) is 0 Å². The van der Waals surface area contributed by atoms with Gasteiger partial charge in [-0.2, -0.15) is 18.3 Å². The van der Waals surface area contributed by atoms with Crippen LogP contribution < -0.4 is 91.5 Å². The Hall–Kier alpha value is -3.35. The molecule has 2 unspecified atom stereocenters. The molecule has 0 aliphatic carbocycles. The molecule has 3 aliphatic heterocycles. The summed E-state index contributed by atoms with van der Waals surface area (Å²) in [7, 11) is 0. The third-order valence-corrected chi connectivity index (χ3v) is 29.1. The average molecular weight is 2080 g/mol. The minimum absolute atomic E-state index is 0. The number of nitrogens with one attached hydrogen (secondary N) is 1. The van der Waals surface area contributed by atoms with Crippen LogP contribution >= 0.6 is 45.3 Å². The van der Waals surface area contributed by atoms with Gasteiger partial charge in [-0.3, -0.25) is 24.0 Å². The number of carbonyl (C=O) groups excluding carboxylic acids is 5. The monoisotopic (exact) mass is 2080 g/mol. The number of carbonyl (C=O) groups is 5. The first-order chi connectivity index (χ1) is 59.7. The average Bonchev–Trinajstić information content (AvgIpc) is 1.36. The first-order valence-electron chi connectivity index (χ1n) is 50.4. The number of Topliss-reactive ketones (excluding diaryl/α,β-unsaturated/α-hetero) is 2. The van der Waals surface area contributed by atoms with Gasteiger partial charge in [0, 0.05) is 63.1 Å². The Morgan fingerprint density at radius 1 is 0.397 bits per heavy atom. The molecule has 22 heteroatoms. The number of amides is 3. The van der Waals surface area contributed by atoms with Gasteiger partial charge in [0.1, 0.15) is 0 Å². The molecule has 0 spiro atoms. The molecular weight excluding hydrogens is 1910 g/mol. The van der Waals surface area contributed by atoms with Crippen LogP contribution in [0.25, 0.3) is 0 Å². The van der Waals surface area contributed by atoms with Crippen LogP contribution in [0, 0.1) is 0 Å². The molecule has 718 valence electrons. The minimum Gasteiger partial charge on any atom is -1.00 e. The summed E-state index contributed by atoms with van der Waals surface area (Å²) in [4.78, 5) is 72.7. The van der Waals surface area contributed by atoms with Crippen molar-refractivity contribution in [3.05, 3.63) is 118 Å². The predicted octanol–water partition coefficient (Wildman–Crippen LogP) is 14.9. The highest BCUT2D eigenvalue weighted by atomic mass is 79.9. The van der Waals surface area contributed by atoms with Crippen LogP contribution in [0.2, 0.25) is 0 Å². The highest BCUT2D eigenvalue weighted by Crippen LogP contribution is 2.28. The molecule has 6 aromatic rings. The number of unbranched alkanes of at least 4 members (excludes halogenated alkanes) is 39. The second-order valence-electron chi connectivity index (χ2n) is 35.9. The van der Waals surface area contributed by atoms with Crippen LogP contribution in [-0.2, 0) is 96.7 Å². The van der Waals surface area contributed by atoms with Gasteiger partial charge in [0.2, 0.25) is 59.9 Å². The molecular formula is C104H173Br4N7O7S4. The van der Waals surface area contributed by atoms with Gasteiger partial charge in [-0.15, -0.1) is 0 Å². The van der Waals surface area contributed by atoms with Crippen LogP contribution in [0.3, 0.4) is 0 Å². The number of ether oxygens (including phenoxy) is 1. The van der Waals surface area contributed by atoms with Crippen molar-refractivity contribution in [3.63, 3.8) is 0 Å². The molecule has 126 heavy (non-hydrogen) atoms. The summed E-state index contributed by atoms with van der Waals surface area (Å²) in [6.07, 6.45) is 78.3. The molecule has 0 radical (unpaired) electrons. The third kappa shape index (κ3) is 50.1. The Kier molecular flexibility index (Phi) is 71.6. The van der Waals surface area contributed by atoms with Crippen molar-refractivity contribution < 1.29 is 119 Å². The number of benzene rings is 1. The number of likely N-dealkylation sites (tertiary alicyclic amines) is 1. The summed E-state index contributed by atoms with van der Waals surface area (Å²) in [6, 6.07) is 9.20. The minimum atomic E-state index is 0. The number of morpholine rings is 1. The number of aromatic nitrogens is 4. The molecule has 0 saturated carbocycles. The molecule has 3 aliphatic rings. The normalized spacial score (nSPS) is 14.1. The van der Waals surface area contributed by atoms with Crippen molar-refractivity contribution in [1.82, 2.24) is 9.80 Å². The first-order valence-corrected chi connectivity index (χ1v) is 53.9. The number of aryl methyl sites for hydroxylation is 5. The molecule has 1 aromatic carbocycles. The summed E-state index contributed by atoms with van der Waals surface area (Å²) in [6.45, 7) is 25.1. The predicted molar refractivity (Wildman–Crippen MR) is 514 cm³/mol. The number of halogens is 4. The fourth-order valence-electron chi connectivity index (χ4n) is 17.4. The molecule has 8 heterocycles. The molecule has 14 nitrogen and oxygen atoms in total. The zero-order valence-electron chi connectivity index (χ0n) is 80.4. The quantitative estimate of drug-likeness (QED) is 0.0228. The van der Waals surface area contributed by atoms with Crippen molar-refractivity contribution in [2.45, 2.75) is 473 Å². The molecule has 9 rings (SSSR count). The van der Waals surface area contributed by atoms with E-state index in [1.807, 2.05) is 67.2 Å². The molecule has 0 bridgehead atoms. The standard InChI is InChI=1S/C34H63N2OS.C30H44N2O2S.C21H37N2O2S.C19H28NO2S.4BrH/c1-3-5-7-9-11-13-15-17-19-22-26-32-33(27-23-20-18-16-14-12-10-8-6-4-2)38-31-36(32)30-34(37)35-28-24-21-25-29-35;1-3-5-7-9-11-13-15-27-29(16-14-12-10-8-6-4-2)35-23-32(27)22-28(33)25-17-19-26-24(21-25)18-20-30(34)31-26;1-5-7-9-11-19-20(12-10-8-6-2)26-16-23(19)15-21(24)22-13-17(3)25-18(4)14-22;1-2-3-4-5-6-7-8-9-11-17-14-20(16-23-17)15-18(21)19-12-10-13-22-19;;;;/h31H,3-30H2,1-2H3;17,19,21,23H,3-16,18,20,22H2,1-2H3;16-18H,5-15H2,1-4H3;10,12-14,16H,2-9,11,15H2,1H3;4*1H/q+1;;2*+1;;;;/p-3. The summed E-state index contributed by atoms with van der Waals surface area (Å²) in [5.41, 5.74) is 15.6. The number of hydrogen-bond donors (Lipinski definition) is 1. The second kappa shape index (κ2) is 76.0. The van der Waals surface area contributed by atoms with Gasteiger partial charge >= 0.3 is 0 Å². The summed E-state index contributed by atoms with van der Waals surface area (Å²) < 4.78 is 19.7. The smallest absolute Gasteiger partial charge is 0.288 e. The Balaban J connectivity index is 0.000000573. The lowest BCUT2D eigenvalue weighted by Gasteiger charge is -2.34. The van der Waals surface area contributed by atoms with E-state index >= 15 is 0 Å². The van der Waals surface area contributed by atoms with Crippen LogP contribution in [0.15, 0.2) is 69.3 Å². The summed E-state index contributed by atoms with van der Waals surface area (Å²) in [5.74, 6) is 1.24. The molecule has 5 aromatic heterocycles. The van der Waals surface area contributed by atoms with Crippen LogP contribution in [0.4, 0.5) is 5.69 Å². The van der Waals surface area contributed by atoms with E-state index in [2.05, 4.69) is 109 Å². The Bertz CT molecular complexity index is 3710. The number of rotatable bonds is 63. The van der Waals surface area contributed by atoms with Crippen molar-refractivity contribution in [1.29, 1.82) is 0 Å². The maximum Gasteiger partial charge on any atom is 0.288 e. The number of anilines is 1. The van der Waals surface area contributed by atoms with Gasteiger partial charge in [-0.1, -0.05) is 344 Å². The largest absolute Gasteiger partial charge is 1.00 e. The summed E-state index contributed by atoms with van der Waals surface area (Å²) in [5, 5.41) is 2.91. The molecule has 1 N–H and O–H groups in total. The van der Waals surface area contributed by atoms with Crippen molar-refractivity contribution >= 4 is 80.3 Å². The summed E-state index contributed by atoms with van der Waals surface area (Å²) >= 11 is 7.34. The van der Waals surface area contributed by atoms with Crippen molar-refractivity contribution in [2.75, 3.05) is 31.5 Å².